The van der Waals surface area contributed by atoms with Crippen LogP contribution in [0.1, 0.15) is 50.4 Å². The van der Waals surface area contributed by atoms with Gasteiger partial charge in [-0.2, -0.15) is 0 Å². The molecule has 3 N–H and O–H groups in total. The lowest BCUT2D eigenvalue weighted by Gasteiger charge is -2.35. The number of rotatable bonds is 9. The van der Waals surface area contributed by atoms with Gasteiger partial charge in [0.25, 0.3) is 15.9 Å². The standard InChI is InChI=1S/C36H48N4O8S/c1-25-22-40(26(2)24-41)35(42)32-21-29(38-49(44,45)31-12-7-6-8-13-31)16-19-33(32)48-27(3)11-9-10-20-47-34(25)23-39(4)36(43)37-28-14-17-30(46-5)18-15-28/h6-8,12-19,21,25-27,34,38,41H,9-11,20,22-24H2,1-5H3,(H,37,43)/t25-,26+,27-,34+/m0/s1. The van der Waals surface area contributed by atoms with E-state index in [2.05, 4.69) is 10.0 Å². The second-order valence-electron chi connectivity index (χ2n) is 12.5. The predicted octanol–water partition coefficient (Wildman–Crippen LogP) is 5.46. The molecule has 1 aliphatic rings. The third kappa shape index (κ3) is 10.3. The number of sulfonamides is 1. The molecular weight excluding hydrogens is 648 g/mol. The van der Waals surface area contributed by atoms with Crippen LogP contribution in [0, 0.1) is 5.92 Å². The molecule has 0 unspecified atom stereocenters. The first-order valence-corrected chi connectivity index (χ1v) is 18.0. The second kappa shape index (κ2) is 17.4. The number of aliphatic hydroxyl groups is 1. The van der Waals surface area contributed by atoms with E-state index in [4.69, 9.17) is 14.2 Å². The minimum absolute atomic E-state index is 0.0873. The van der Waals surface area contributed by atoms with Crippen LogP contribution in [-0.4, -0.2) is 94.0 Å². The van der Waals surface area contributed by atoms with Gasteiger partial charge in [-0.05, 0) is 87.7 Å². The minimum atomic E-state index is -3.92. The molecular formula is C36H48N4O8S. The highest BCUT2D eigenvalue weighted by Gasteiger charge is 2.31. The highest BCUT2D eigenvalue weighted by molar-refractivity contribution is 7.92. The number of carbonyl (C=O) groups is 2. The number of nitrogens with one attached hydrogen (secondary N) is 2. The Labute approximate surface area is 289 Å². The summed E-state index contributed by atoms with van der Waals surface area (Å²) in [5, 5.41) is 13.1. The van der Waals surface area contributed by atoms with E-state index in [1.807, 2.05) is 13.8 Å². The van der Waals surface area contributed by atoms with E-state index in [0.717, 1.165) is 12.8 Å². The van der Waals surface area contributed by atoms with Crippen LogP contribution in [0.4, 0.5) is 16.2 Å². The van der Waals surface area contributed by atoms with E-state index in [0.29, 0.717) is 30.2 Å². The largest absolute Gasteiger partial charge is 0.497 e. The summed E-state index contributed by atoms with van der Waals surface area (Å²) < 4.78 is 46.6. The molecule has 4 rings (SSSR count). The number of nitrogens with zero attached hydrogens (tertiary/aromatic N) is 2. The fourth-order valence-corrected chi connectivity index (χ4v) is 6.58. The molecule has 13 heteroatoms. The molecule has 3 amide bonds. The summed E-state index contributed by atoms with van der Waals surface area (Å²) in [7, 11) is -0.662. The number of fused-ring (bicyclic) bond motifs is 1. The Bertz CT molecular complexity index is 1640. The van der Waals surface area contributed by atoms with Crippen LogP contribution in [-0.2, 0) is 14.8 Å². The second-order valence-corrected chi connectivity index (χ2v) is 14.2. The summed E-state index contributed by atoms with van der Waals surface area (Å²) in [4.78, 5) is 30.7. The van der Waals surface area contributed by atoms with Gasteiger partial charge in [0.2, 0.25) is 0 Å². The molecule has 0 aliphatic carbocycles. The van der Waals surface area contributed by atoms with Gasteiger partial charge in [-0.3, -0.25) is 9.52 Å². The molecule has 0 radical (unpaired) electrons. The SMILES string of the molecule is COc1ccc(NC(=O)N(C)C[C@H]2OCCCC[C@H](C)Oc3ccc(NS(=O)(=O)c4ccccc4)cc3C(=O)N([C@H](C)CO)C[C@@H]2C)cc1. The molecule has 3 aromatic rings. The first-order valence-electron chi connectivity index (χ1n) is 16.5. The molecule has 4 atom stereocenters. The van der Waals surface area contributed by atoms with E-state index in [9.17, 15) is 23.1 Å². The number of benzene rings is 3. The van der Waals surface area contributed by atoms with Crippen molar-refractivity contribution in [3.63, 3.8) is 0 Å². The van der Waals surface area contributed by atoms with Gasteiger partial charge in [0.15, 0.2) is 0 Å². The quantitative estimate of drug-likeness (QED) is 0.268. The van der Waals surface area contributed by atoms with Crippen molar-refractivity contribution in [3.8, 4) is 11.5 Å². The smallest absolute Gasteiger partial charge is 0.321 e. The zero-order valence-electron chi connectivity index (χ0n) is 28.8. The van der Waals surface area contributed by atoms with Gasteiger partial charge in [0.05, 0.1) is 42.4 Å². The maximum Gasteiger partial charge on any atom is 0.321 e. The van der Waals surface area contributed by atoms with Crippen LogP contribution in [0.5, 0.6) is 11.5 Å². The summed E-state index contributed by atoms with van der Waals surface area (Å²) in [5.74, 6) is 0.304. The monoisotopic (exact) mass is 696 g/mol. The van der Waals surface area contributed by atoms with E-state index in [1.165, 1.54) is 18.2 Å². The summed E-state index contributed by atoms with van der Waals surface area (Å²) in [5.41, 5.74) is 0.980. The summed E-state index contributed by atoms with van der Waals surface area (Å²) in [6.45, 7) is 6.20. The van der Waals surface area contributed by atoms with Crippen molar-refractivity contribution in [3.05, 3.63) is 78.4 Å². The first-order chi connectivity index (χ1) is 23.4. The molecule has 266 valence electrons. The van der Waals surface area contributed by atoms with Crippen LogP contribution in [0.25, 0.3) is 0 Å². The van der Waals surface area contributed by atoms with Crippen molar-refractivity contribution in [2.75, 3.05) is 50.5 Å². The molecule has 0 saturated heterocycles. The molecule has 3 aromatic carbocycles. The minimum Gasteiger partial charge on any atom is -0.497 e. The maximum absolute atomic E-state index is 14.4. The van der Waals surface area contributed by atoms with Crippen molar-refractivity contribution in [1.29, 1.82) is 0 Å². The number of carbonyl (C=O) groups excluding carboxylic acids is 2. The summed E-state index contributed by atoms with van der Waals surface area (Å²) in [6.07, 6.45) is 1.59. The number of methoxy groups -OCH3 is 1. The van der Waals surface area contributed by atoms with E-state index < -0.39 is 28.1 Å². The molecule has 1 heterocycles. The topological polar surface area (TPSA) is 147 Å². The van der Waals surface area contributed by atoms with Crippen molar-refractivity contribution >= 4 is 33.3 Å². The lowest BCUT2D eigenvalue weighted by molar-refractivity contribution is -0.0115. The number of amides is 3. The van der Waals surface area contributed by atoms with E-state index in [1.54, 1.807) is 85.5 Å². The third-order valence-electron chi connectivity index (χ3n) is 8.50. The summed E-state index contributed by atoms with van der Waals surface area (Å²) in [6, 6.07) is 18.7. The maximum atomic E-state index is 14.4. The van der Waals surface area contributed by atoms with Crippen LogP contribution in [0.3, 0.4) is 0 Å². The van der Waals surface area contributed by atoms with Gasteiger partial charge in [-0.1, -0.05) is 25.1 Å². The van der Waals surface area contributed by atoms with Gasteiger partial charge in [-0.25, -0.2) is 13.2 Å². The number of anilines is 2. The van der Waals surface area contributed by atoms with Gasteiger partial charge < -0.3 is 34.4 Å². The Kier molecular flexibility index (Phi) is 13.3. The summed E-state index contributed by atoms with van der Waals surface area (Å²) >= 11 is 0. The third-order valence-corrected chi connectivity index (χ3v) is 9.90. The lowest BCUT2D eigenvalue weighted by Crippen LogP contribution is -2.48. The molecule has 0 saturated carbocycles. The fraction of sp³-hybridized carbons (Fsp3) is 0.444. The van der Waals surface area contributed by atoms with Crippen molar-refractivity contribution in [2.45, 2.75) is 63.2 Å². The van der Waals surface area contributed by atoms with Crippen LogP contribution in [0.15, 0.2) is 77.7 Å². The Balaban J connectivity index is 1.60. The Morgan fingerprint density at radius 3 is 2.43 bits per heavy atom. The Hall–Kier alpha value is -4.33. The number of likely N-dealkylation sites (N-methyl/N-ethyl adjacent to an activating group) is 1. The fourth-order valence-electron chi connectivity index (χ4n) is 5.51. The number of urea groups is 1. The zero-order valence-corrected chi connectivity index (χ0v) is 29.6. The first kappa shape index (κ1) is 37.5. The van der Waals surface area contributed by atoms with Crippen molar-refractivity contribution in [1.82, 2.24) is 9.80 Å². The van der Waals surface area contributed by atoms with Crippen molar-refractivity contribution in [2.24, 2.45) is 5.92 Å². The van der Waals surface area contributed by atoms with Crippen LogP contribution in [0.2, 0.25) is 0 Å². The Morgan fingerprint density at radius 2 is 1.76 bits per heavy atom. The molecule has 12 nitrogen and oxygen atoms in total. The number of hydrogen-bond donors (Lipinski definition) is 3. The highest BCUT2D eigenvalue weighted by Crippen LogP contribution is 2.29. The van der Waals surface area contributed by atoms with Gasteiger partial charge in [-0.15, -0.1) is 0 Å². The van der Waals surface area contributed by atoms with Crippen molar-refractivity contribution < 1.29 is 37.3 Å². The lowest BCUT2D eigenvalue weighted by atomic mass is 10.0. The van der Waals surface area contributed by atoms with Gasteiger partial charge in [0.1, 0.15) is 11.5 Å². The molecule has 0 bridgehead atoms. The van der Waals surface area contributed by atoms with E-state index >= 15 is 0 Å². The molecule has 1 aliphatic heterocycles. The predicted molar refractivity (Wildman–Crippen MR) is 189 cm³/mol. The van der Waals surface area contributed by atoms with Crippen LogP contribution < -0.4 is 19.5 Å². The number of hydrogen-bond acceptors (Lipinski definition) is 8. The van der Waals surface area contributed by atoms with Crippen LogP contribution >= 0.6 is 0 Å². The van der Waals surface area contributed by atoms with E-state index in [-0.39, 0.29) is 53.9 Å². The number of ether oxygens (including phenoxy) is 3. The van der Waals surface area contributed by atoms with Gasteiger partial charge >= 0.3 is 6.03 Å². The molecule has 0 fully saturated rings. The van der Waals surface area contributed by atoms with Gasteiger partial charge in [0, 0.05) is 44.0 Å². The molecule has 0 aromatic heterocycles. The highest BCUT2D eigenvalue weighted by atomic mass is 32.2. The average Bonchev–Trinajstić information content (AvgIpc) is 3.10. The Morgan fingerprint density at radius 1 is 1.06 bits per heavy atom. The number of aliphatic hydroxyl groups excluding tert-OH is 1. The average molecular weight is 697 g/mol. The molecule has 49 heavy (non-hydrogen) atoms. The zero-order chi connectivity index (χ0) is 35.6. The molecule has 0 spiro atoms. The normalized spacial score (nSPS) is 19.8.